The molecule has 0 unspecified atom stereocenters. The van der Waals surface area contributed by atoms with Crippen molar-refractivity contribution in [3.63, 3.8) is 0 Å². The molecule has 4 nitrogen and oxygen atoms in total. The normalized spacial score (nSPS) is 10.9. The van der Waals surface area contributed by atoms with E-state index in [0.717, 1.165) is 17.2 Å². The highest BCUT2D eigenvalue weighted by atomic mass is 35.5. The van der Waals surface area contributed by atoms with Crippen molar-refractivity contribution in [2.24, 2.45) is 0 Å². The summed E-state index contributed by atoms with van der Waals surface area (Å²) in [5.41, 5.74) is 1.96. The topological polar surface area (TPSA) is 56.5 Å². The van der Waals surface area contributed by atoms with Gasteiger partial charge in [-0.3, -0.25) is 0 Å². The van der Waals surface area contributed by atoms with Crippen molar-refractivity contribution in [1.29, 1.82) is 0 Å². The van der Waals surface area contributed by atoms with Gasteiger partial charge in [-0.1, -0.05) is 23.7 Å². The Hall–Kier alpha value is -2.66. The SMILES string of the molecule is Cc1ccc2c(COC(=O)c3cc(Cl)ccc3F)cc(=O)oc2c1C. The molecular weight excluding hydrogens is 347 g/mol. The number of rotatable bonds is 3. The average Bonchev–Trinajstić information content (AvgIpc) is 2.58. The molecule has 0 aliphatic heterocycles. The van der Waals surface area contributed by atoms with Crippen LogP contribution in [0.3, 0.4) is 0 Å². The lowest BCUT2D eigenvalue weighted by Crippen LogP contribution is -2.10. The molecule has 0 aliphatic carbocycles. The van der Waals surface area contributed by atoms with Crippen LogP contribution in [0.2, 0.25) is 5.02 Å². The number of esters is 1. The summed E-state index contributed by atoms with van der Waals surface area (Å²) in [6, 6.07) is 8.58. The monoisotopic (exact) mass is 360 g/mol. The Morgan fingerprint density at radius 3 is 2.72 bits per heavy atom. The van der Waals surface area contributed by atoms with Gasteiger partial charge in [-0.2, -0.15) is 0 Å². The molecule has 0 N–H and O–H groups in total. The van der Waals surface area contributed by atoms with Gasteiger partial charge in [0.2, 0.25) is 0 Å². The van der Waals surface area contributed by atoms with Crippen LogP contribution in [0.4, 0.5) is 4.39 Å². The highest BCUT2D eigenvalue weighted by Crippen LogP contribution is 2.24. The van der Waals surface area contributed by atoms with Gasteiger partial charge in [0.15, 0.2) is 0 Å². The number of aryl methyl sites for hydroxylation is 2. The number of hydrogen-bond acceptors (Lipinski definition) is 4. The van der Waals surface area contributed by atoms with Crippen molar-refractivity contribution >= 4 is 28.5 Å². The van der Waals surface area contributed by atoms with E-state index in [4.69, 9.17) is 20.8 Å². The highest BCUT2D eigenvalue weighted by Gasteiger charge is 2.16. The first kappa shape index (κ1) is 17.2. The second-order valence-electron chi connectivity index (χ2n) is 5.68. The van der Waals surface area contributed by atoms with E-state index in [9.17, 15) is 14.0 Å². The van der Waals surface area contributed by atoms with Crippen LogP contribution in [0.15, 0.2) is 45.6 Å². The maximum atomic E-state index is 13.7. The summed E-state index contributed by atoms with van der Waals surface area (Å²) >= 11 is 5.78. The first-order valence-corrected chi connectivity index (χ1v) is 7.89. The maximum Gasteiger partial charge on any atom is 0.341 e. The lowest BCUT2D eigenvalue weighted by Gasteiger charge is -2.10. The fourth-order valence-electron chi connectivity index (χ4n) is 2.52. The molecule has 3 rings (SSSR count). The van der Waals surface area contributed by atoms with Crippen molar-refractivity contribution in [2.75, 3.05) is 0 Å². The summed E-state index contributed by atoms with van der Waals surface area (Å²) in [6.07, 6.45) is 0. The summed E-state index contributed by atoms with van der Waals surface area (Å²) in [6.45, 7) is 3.57. The van der Waals surface area contributed by atoms with Crippen molar-refractivity contribution in [3.05, 3.63) is 79.9 Å². The number of ether oxygens (including phenoxy) is 1. The summed E-state index contributed by atoms with van der Waals surface area (Å²) in [5, 5.41) is 0.896. The largest absolute Gasteiger partial charge is 0.457 e. The lowest BCUT2D eigenvalue weighted by atomic mass is 10.0. The molecule has 3 aromatic rings. The minimum absolute atomic E-state index is 0.185. The van der Waals surface area contributed by atoms with Crippen molar-refractivity contribution in [2.45, 2.75) is 20.5 Å². The third kappa shape index (κ3) is 3.42. The molecule has 0 amide bonds. The Morgan fingerprint density at radius 1 is 1.20 bits per heavy atom. The molecule has 0 spiro atoms. The zero-order valence-electron chi connectivity index (χ0n) is 13.6. The Morgan fingerprint density at radius 2 is 1.96 bits per heavy atom. The molecular formula is C19H14ClFO4. The maximum absolute atomic E-state index is 13.7. The molecule has 1 heterocycles. The van der Waals surface area contributed by atoms with Gasteiger partial charge in [-0.25, -0.2) is 14.0 Å². The molecule has 25 heavy (non-hydrogen) atoms. The summed E-state index contributed by atoms with van der Waals surface area (Å²) in [7, 11) is 0. The molecule has 1 aromatic heterocycles. The molecule has 2 aromatic carbocycles. The van der Waals surface area contributed by atoms with E-state index in [-0.39, 0.29) is 17.2 Å². The quantitative estimate of drug-likeness (QED) is 0.507. The first-order valence-electron chi connectivity index (χ1n) is 7.52. The van der Waals surface area contributed by atoms with E-state index in [2.05, 4.69) is 0 Å². The minimum Gasteiger partial charge on any atom is -0.457 e. The zero-order valence-corrected chi connectivity index (χ0v) is 14.3. The smallest absolute Gasteiger partial charge is 0.341 e. The molecule has 0 radical (unpaired) electrons. The van der Waals surface area contributed by atoms with Crippen LogP contribution in [0.1, 0.15) is 27.0 Å². The molecule has 128 valence electrons. The number of halogens is 2. The second kappa shape index (κ2) is 6.69. The predicted octanol–water partition coefficient (Wildman–Crippen LogP) is 4.56. The van der Waals surface area contributed by atoms with Crippen LogP contribution < -0.4 is 5.63 Å². The molecule has 6 heteroatoms. The van der Waals surface area contributed by atoms with Crippen molar-refractivity contribution in [1.82, 2.24) is 0 Å². The zero-order chi connectivity index (χ0) is 18.1. The third-order valence-corrected chi connectivity index (χ3v) is 4.26. The lowest BCUT2D eigenvalue weighted by molar-refractivity contribution is 0.0468. The van der Waals surface area contributed by atoms with Crippen LogP contribution >= 0.6 is 11.6 Å². The Bertz CT molecular complexity index is 1040. The van der Waals surface area contributed by atoms with Gasteiger partial charge in [0.1, 0.15) is 18.0 Å². The van der Waals surface area contributed by atoms with Gasteiger partial charge in [-0.15, -0.1) is 0 Å². The number of carbonyl (C=O) groups is 1. The second-order valence-corrected chi connectivity index (χ2v) is 6.11. The van der Waals surface area contributed by atoms with Gasteiger partial charge in [0.25, 0.3) is 0 Å². The molecule has 0 aliphatic rings. The summed E-state index contributed by atoms with van der Waals surface area (Å²) in [5.74, 6) is -1.58. The van der Waals surface area contributed by atoms with Gasteiger partial charge < -0.3 is 9.15 Å². The predicted molar refractivity (Wildman–Crippen MR) is 92.5 cm³/mol. The van der Waals surface area contributed by atoms with E-state index < -0.39 is 17.4 Å². The van der Waals surface area contributed by atoms with Crippen LogP contribution in [0.25, 0.3) is 11.0 Å². The van der Waals surface area contributed by atoms with E-state index in [1.165, 1.54) is 18.2 Å². The van der Waals surface area contributed by atoms with Crippen LogP contribution in [-0.2, 0) is 11.3 Å². The van der Waals surface area contributed by atoms with E-state index >= 15 is 0 Å². The molecule has 0 saturated carbocycles. The van der Waals surface area contributed by atoms with Crippen LogP contribution in [0.5, 0.6) is 0 Å². The molecule has 0 atom stereocenters. The number of carbonyl (C=O) groups excluding carboxylic acids is 1. The van der Waals surface area contributed by atoms with Crippen LogP contribution in [0, 0.1) is 19.7 Å². The van der Waals surface area contributed by atoms with Crippen molar-refractivity contribution < 1.29 is 18.3 Å². The third-order valence-electron chi connectivity index (χ3n) is 4.02. The number of benzene rings is 2. The van der Waals surface area contributed by atoms with E-state index in [1.807, 2.05) is 19.9 Å². The van der Waals surface area contributed by atoms with Gasteiger partial charge in [0.05, 0.1) is 5.56 Å². The molecule has 0 fully saturated rings. The minimum atomic E-state index is -0.856. The molecule has 0 saturated heterocycles. The number of hydrogen-bond donors (Lipinski definition) is 0. The summed E-state index contributed by atoms with van der Waals surface area (Å²) < 4.78 is 24.2. The van der Waals surface area contributed by atoms with Crippen LogP contribution in [-0.4, -0.2) is 5.97 Å². The first-order chi connectivity index (χ1) is 11.9. The van der Waals surface area contributed by atoms with E-state index in [0.29, 0.717) is 16.5 Å². The van der Waals surface area contributed by atoms with Gasteiger partial charge in [-0.05, 0) is 43.2 Å². The highest BCUT2D eigenvalue weighted by molar-refractivity contribution is 6.30. The van der Waals surface area contributed by atoms with Gasteiger partial charge >= 0.3 is 11.6 Å². The average molecular weight is 361 g/mol. The fraction of sp³-hybridized carbons (Fsp3) is 0.158. The fourth-order valence-corrected chi connectivity index (χ4v) is 2.69. The van der Waals surface area contributed by atoms with Gasteiger partial charge in [0, 0.05) is 22.0 Å². The van der Waals surface area contributed by atoms with Crippen molar-refractivity contribution in [3.8, 4) is 0 Å². The van der Waals surface area contributed by atoms with E-state index in [1.54, 1.807) is 6.07 Å². The summed E-state index contributed by atoms with van der Waals surface area (Å²) in [4.78, 5) is 23.9. The number of fused-ring (bicyclic) bond motifs is 1. The Balaban J connectivity index is 1.93. The Labute approximate surface area is 147 Å². The molecule has 0 bridgehead atoms. The Kier molecular flexibility index (Phi) is 4.59. The standard InChI is InChI=1S/C19H14ClFO4/c1-10-3-5-14-12(7-17(22)25-18(14)11(10)2)9-24-19(23)15-8-13(20)4-6-16(15)21/h3-8H,9H2,1-2H3.